The third-order valence-electron chi connectivity index (χ3n) is 4.41. The number of aryl methyl sites for hydroxylation is 1. The lowest BCUT2D eigenvalue weighted by Crippen LogP contribution is -2.42. The van der Waals surface area contributed by atoms with Gasteiger partial charge in [0.2, 0.25) is 5.91 Å². The third kappa shape index (κ3) is 4.64. The van der Waals surface area contributed by atoms with Gasteiger partial charge in [-0.2, -0.15) is 0 Å². The topological polar surface area (TPSA) is 71.2 Å². The number of aromatic amines is 1. The number of fused-ring (bicyclic) bond motifs is 1. The summed E-state index contributed by atoms with van der Waals surface area (Å²) in [7, 11) is 1.32. The molecule has 5 nitrogen and oxygen atoms in total. The number of rotatable bonds is 6. The van der Waals surface area contributed by atoms with Crippen LogP contribution in [0.1, 0.15) is 16.7 Å². The SMILES string of the molecule is COC(=O)[C@H](Cc1c[nH]c2ccccc12)NC(=O)/C=C/c1ccc(C)cc1. The summed E-state index contributed by atoms with van der Waals surface area (Å²) in [5.41, 5.74) is 4.01. The number of hydrogen-bond donors (Lipinski definition) is 2. The summed E-state index contributed by atoms with van der Waals surface area (Å²) in [6.07, 6.45) is 5.35. The van der Waals surface area contributed by atoms with Gasteiger partial charge in [-0.3, -0.25) is 4.79 Å². The van der Waals surface area contributed by atoms with E-state index in [4.69, 9.17) is 4.74 Å². The van der Waals surface area contributed by atoms with Crippen molar-refractivity contribution < 1.29 is 14.3 Å². The van der Waals surface area contributed by atoms with Crippen LogP contribution in [-0.4, -0.2) is 30.0 Å². The highest BCUT2D eigenvalue weighted by Crippen LogP contribution is 2.19. The lowest BCUT2D eigenvalue weighted by Gasteiger charge is -2.15. The number of H-pyrrole nitrogens is 1. The molecule has 1 atom stereocenters. The average molecular weight is 362 g/mol. The van der Waals surface area contributed by atoms with Gasteiger partial charge in [-0.05, 0) is 30.2 Å². The van der Waals surface area contributed by atoms with E-state index in [2.05, 4.69) is 10.3 Å². The lowest BCUT2D eigenvalue weighted by atomic mass is 10.0. The zero-order chi connectivity index (χ0) is 19.2. The first-order chi connectivity index (χ1) is 13.1. The van der Waals surface area contributed by atoms with Gasteiger partial charge in [-0.15, -0.1) is 0 Å². The molecule has 1 heterocycles. The number of carbonyl (C=O) groups is 2. The molecule has 1 aromatic heterocycles. The zero-order valence-electron chi connectivity index (χ0n) is 15.4. The minimum absolute atomic E-state index is 0.342. The highest BCUT2D eigenvalue weighted by molar-refractivity contribution is 5.95. The molecule has 27 heavy (non-hydrogen) atoms. The van der Waals surface area contributed by atoms with Gasteiger partial charge in [0.1, 0.15) is 6.04 Å². The normalized spacial score (nSPS) is 12.2. The molecule has 138 valence electrons. The van der Waals surface area contributed by atoms with E-state index < -0.39 is 12.0 Å². The van der Waals surface area contributed by atoms with Crippen LogP contribution in [0, 0.1) is 6.92 Å². The highest BCUT2D eigenvalue weighted by atomic mass is 16.5. The second-order valence-corrected chi connectivity index (χ2v) is 6.39. The average Bonchev–Trinajstić information content (AvgIpc) is 3.09. The molecular formula is C22H22N2O3. The predicted molar refractivity (Wildman–Crippen MR) is 106 cm³/mol. The van der Waals surface area contributed by atoms with E-state index >= 15 is 0 Å². The fraction of sp³-hybridized carbons (Fsp3) is 0.182. The maximum Gasteiger partial charge on any atom is 0.328 e. The van der Waals surface area contributed by atoms with Crippen LogP contribution in [0.2, 0.25) is 0 Å². The molecule has 0 unspecified atom stereocenters. The number of amides is 1. The Labute approximate surface area is 158 Å². The fourth-order valence-corrected chi connectivity index (χ4v) is 2.93. The molecule has 2 N–H and O–H groups in total. The molecule has 0 saturated carbocycles. The van der Waals surface area contributed by atoms with E-state index in [1.54, 1.807) is 6.08 Å². The van der Waals surface area contributed by atoms with Crippen molar-refractivity contribution in [3.05, 3.63) is 77.5 Å². The van der Waals surface area contributed by atoms with E-state index in [9.17, 15) is 9.59 Å². The molecule has 3 aromatic rings. The maximum absolute atomic E-state index is 12.3. The lowest BCUT2D eigenvalue weighted by molar-refractivity contribution is -0.144. The second-order valence-electron chi connectivity index (χ2n) is 6.39. The Morgan fingerprint density at radius 3 is 2.63 bits per heavy atom. The Balaban J connectivity index is 1.72. The number of ether oxygens (including phenoxy) is 1. The van der Waals surface area contributed by atoms with Crippen LogP contribution in [0.5, 0.6) is 0 Å². The van der Waals surface area contributed by atoms with Gasteiger partial charge in [0, 0.05) is 29.6 Å². The number of methoxy groups -OCH3 is 1. The standard InChI is InChI=1S/C22H22N2O3/c1-15-7-9-16(10-8-15)11-12-21(25)24-20(22(26)27-2)13-17-14-23-19-6-4-3-5-18(17)19/h3-12,14,20,23H,13H2,1-2H3,(H,24,25)/b12-11+/t20-/m0/s1. The summed E-state index contributed by atoms with van der Waals surface area (Å²) < 4.78 is 4.86. The summed E-state index contributed by atoms with van der Waals surface area (Å²) in [5, 5.41) is 3.76. The Morgan fingerprint density at radius 2 is 1.89 bits per heavy atom. The van der Waals surface area contributed by atoms with E-state index in [1.165, 1.54) is 13.2 Å². The van der Waals surface area contributed by atoms with Crippen molar-refractivity contribution in [2.45, 2.75) is 19.4 Å². The maximum atomic E-state index is 12.3. The molecule has 0 fully saturated rings. The van der Waals surface area contributed by atoms with Crippen molar-refractivity contribution in [3.63, 3.8) is 0 Å². The summed E-state index contributed by atoms with van der Waals surface area (Å²) in [5.74, 6) is -0.816. The Morgan fingerprint density at radius 1 is 1.15 bits per heavy atom. The number of para-hydroxylation sites is 1. The molecule has 2 aromatic carbocycles. The minimum Gasteiger partial charge on any atom is -0.467 e. The van der Waals surface area contributed by atoms with Crippen molar-refractivity contribution >= 4 is 28.9 Å². The Bertz CT molecular complexity index is 971. The first-order valence-electron chi connectivity index (χ1n) is 8.75. The van der Waals surface area contributed by atoms with Crippen molar-refractivity contribution in [2.75, 3.05) is 7.11 Å². The molecule has 0 spiro atoms. The first-order valence-corrected chi connectivity index (χ1v) is 8.75. The summed E-state index contributed by atoms with van der Waals surface area (Å²) in [6, 6.07) is 14.9. The van der Waals surface area contributed by atoms with Crippen LogP contribution in [0.25, 0.3) is 17.0 Å². The largest absolute Gasteiger partial charge is 0.467 e. The molecule has 0 radical (unpaired) electrons. The van der Waals surface area contributed by atoms with Gasteiger partial charge >= 0.3 is 5.97 Å². The molecule has 5 heteroatoms. The summed E-state index contributed by atoms with van der Waals surface area (Å²) >= 11 is 0. The molecule has 0 saturated heterocycles. The van der Waals surface area contributed by atoms with E-state index in [0.717, 1.165) is 27.6 Å². The number of benzene rings is 2. The molecule has 3 rings (SSSR count). The van der Waals surface area contributed by atoms with Crippen LogP contribution >= 0.6 is 0 Å². The number of carbonyl (C=O) groups excluding carboxylic acids is 2. The van der Waals surface area contributed by atoms with Crippen molar-refractivity contribution in [3.8, 4) is 0 Å². The van der Waals surface area contributed by atoms with Crippen LogP contribution in [0.4, 0.5) is 0 Å². The second kappa shape index (κ2) is 8.36. The Hall–Kier alpha value is -3.34. The molecule has 0 aliphatic heterocycles. The van der Waals surface area contributed by atoms with Gasteiger partial charge < -0.3 is 15.0 Å². The minimum atomic E-state index is -0.760. The number of aromatic nitrogens is 1. The van der Waals surface area contributed by atoms with Crippen molar-refractivity contribution in [2.24, 2.45) is 0 Å². The van der Waals surface area contributed by atoms with Crippen molar-refractivity contribution in [1.82, 2.24) is 10.3 Å². The quantitative estimate of drug-likeness (QED) is 0.522. The van der Waals surface area contributed by atoms with E-state index in [0.29, 0.717) is 6.42 Å². The number of nitrogens with one attached hydrogen (secondary N) is 2. The summed E-state index contributed by atoms with van der Waals surface area (Å²) in [4.78, 5) is 27.6. The van der Waals surface area contributed by atoms with E-state index in [1.807, 2.05) is 61.7 Å². The van der Waals surface area contributed by atoms with Gasteiger partial charge in [0.25, 0.3) is 0 Å². The molecular weight excluding hydrogens is 340 g/mol. The Kier molecular flexibility index (Phi) is 5.71. The monoisotopic (exact) mass is 362 g/mol. The van der Waals surface area contributed by atoms with Gasteiger partial charge in [-0.1, -0.05) is 48.0 Å². The van der Waals surface area contributed by atoms with Crippen LogP contribution < -0.4 is 5.32 Å². The summed E-state index contributed by atoms with van der Waals surface area (Å²) in [6.45, 7) is 2.01. The van der Waals surface area contributed by atoms with Gasteiger partial charge in [-0.25, -0.2) is 4.79 Å². The van der Waals surface area contributed by atoms with Crippen LogP contribution in [-0.2, 0) is 20.7 Å². The number of hydrogen-bond acceptors (Lipinski definition) is 3. The van der Waals surface area contributed by atoms with Crippen LogP contribution in [0.3, 0.4) is 0 Å². The van der Waals surface area contributed by atoms with Gasteiger partial charge in [0.05, 0.1) is 7.11 Å². The molecule has 0 aliphatic rings. The van der Waals surface area contributed by atoms with Crippen LogP contribution in [0.15, 0.2) is 60.8 Å². The van der Waals surface area contributed by atoms with E-state index in [-0.39, 0.29) is 5.91 Å². The van der Waals surface area contributed by atoms with Gasteiger partial charge in [0.15, 0.2) is 0 Å². The van der Waals surface area contributed by atoms with Crippen molar-refractivity contribution in [1.29, 1.82) is 0 Å². The smallest absolute Gasteiger partial charge is 0.328 e. The zero-order valence-corrected chi connectivity index (χ0v) is 15.4. The predicted octanol–water partition coefficient (Wildman–Crippen LogP) is 3.39. The molecule has 0 bridgehead atoms. The fourth-order valence-electron chi connectivity index (χ4n) is 2.93. The first kappa shape index (κ1) is 18.5. The molecule has 0 aliphatic carbocycles. The number of esters is 1. The highest BCUT2D eigenvalue weighted by Gasteiger charge is 2.22. The third-order valence-corrected chi connectivity index (χ3v) is 4.41. The molecule has 1 amide bonds.